The lowest BCUT2D eigenvalue weighted by molar-refractivity contribution is 0.0992. The molecule has 0 amide bonds. The summed E-state index contributed by atoms with van der Waals surface area (Å²) >= 11 is 11.8. The molecule has 0 aromatic heterocycles. The van der Waals surface area contributed by atoms with Crippen molar-refractivity contribution in [2.75, 3.05) is 6.54 Å². The summed E-state index contributed by atoms with van der Waals surface area (Å²) in [6.45, 7) is 0.108. The summed E-state index contributed by atoms with van der Waals surface area (Å²) < 4.78 is 0. The minimum absolute atomic E-state index is 0.0570. The van der Waals surface area contributed by atoms with Gasteiger partial charge in [0.1, 0.15) is 0 Å². The van der Waals surface area contributed by atoms with E-state index < -0.39 is 0 Å². The summed E-state index contributed by atoms with van der Waals surface area (Å²) in [5, 5.41) is 3.56. The van der Waals surface area contributed by atoms with Crippen LogP contribution in [0.25, 0.3) is 0 Å². The third-order valence-electron chi connectivity index (χ3n) is 2.90. The number of rotatable bonds is 6. The molecule has 112 valence electrons. The molecule has 0 radical (unpaired) electrons. The SMILES string of the molecule is O=C(CN/C=C\C(=O)c1cc(Cl)ccc1Cl)c1ccccc1. The third-order valence-corrected chi connectivity index (χ3v) is 3.47. The van der Waals surface area contributed by atoms with Crippen LogP contribution in [0.5, 0.6) is 0 Å². The molecule has 0 atom stereocenters. The second-order valence-electron chi connectivity index (χ2n) is 4.49. The van der Waals surface area contributed by atoms with Gasteiger partial charge >= 0.3 is 0 Å². The number of halogens is 2. The molecule has 5 heteroatoms. The van der Waals surface area contributed by atoms with Gasteiger partial charge < -0.3 is 5.32 Å². The lowest BCUT2D eigenvalue weighted by Gasteiger charge is -2.02. The first-order chi connectivity index (χ1) is 10.6. The van der Waals surface area contributed by atoms with E-state index >= 15 is 0 Å². The van der Waals surface area contributed by atoms with E-state index in [0.29, 0.717) is 21.2 Å². The molecule has 2 aromatic carbocycles. The van der Waals surface area contributed by atoms with E-state index in [9.17, 15) is 9.59 Å². The van der Waals surface area contributed by atoms with Gasteiger partial charge in [-0.3, -0.25) is 9.59 Å². The topological polar surface area (TPSA) is 46.2 Å². The van der Waals surface area contributed by atoms with Gasteiger partial charge in [0.25, 0.3) is 0 Å². The molecule has 0 bridgehead atoms. The Balaban J connectivity index is 1.91. The number of nitrogens with one attached hydrogen (secondary N) is 1. The van der Waals surface area contributed by atoms with E-state index in [0.717, 1.165) is 0 Å². The number of ketones is 2. The Hall–Kier alpha value is -2.10. The van der Waals surface area contributed by atoms with Crippen molar-refractivity contribution in [2.45, 2.75) is 0 Å². The smallest absolute Gasteiger partial charge is 0.188 e. The quantitative estimate of drug-likeness (QED) is 0.637. The maximum absolute atomic E-state index is 12.0. The predicted octanol–water partition coefficient (Wildman–Crippen LogP) is 4.16. The van der Waals surface area contributed by atoms with E-state index in [1.54, 1.807) is 36.4 Å². The molecular weight excluding hydrogens is 321 g/mol. The van der Waals surface area contributed by atoms with Gasteiger partial charge in [-0.05, 0) is 18.2 Å². The van der Waals surface area contributed by atoms with E-state index in [1.165, 1.54) is 18.3 Å². The molecule has 2 aromatic rings. The van der Waals surface area contributed by atoms with Crippen LogP contribution in [0.15, 0.2) is 60.8 Å². The van der Waals surface area contributed by atoms with Gasteiger partial charge in [-0.15, -0.1) is 0 Å². The minimum Gasteiger partial charge on any atom is -0.383 e. The van der Waals surface area contributed by atoms with Crippen LogP contribution in [0.2, 0.25) is 10.0 Å². The second kappa shape index (κ2) is 7.78. The Labute approximate surface area is 138 Å². The fourth-order valence-electron chi connectivity index (χ4n) is 1.79. The molecule has 0 saturated carbocycles. The van der Waals surface area contributed by atoms with Gasteiger partial charge in [-0.2, -0.15) is 0 Å². The molecule has 0 saturated heterocycles. The molecule has 22 heavy (non-hydrogen) atoms. The van der Waals surface area contributed by atoms with Crippen molar-refractivity contribution in [1.82, 2.24) is 5.32 Å². The Bertz CT molecular complexity index is 712. The highest BCUT2D eigenvalue weighted by Gasteiger charge is 2.08. The molecule has 0 unspecified atom stereocenters. The third kappa shape index (κ3) is 4.45. The molecule has 0 aliphatic carbocycles. The average Bonchev–Trinajstić information content (AvgIpc) is 2.54. The van der Waals surface area contributed by atoms with Crippen molar-refractivity contribution in [3.8, 4) is 0 Å². The molecule has 0 heterocycles. The second-order valence-corrected chi connectivity index (χ2v) is 5.34. The van der Waals surface area contributed by atoms with Gasteiger partial charge in [0, 0.05) is 28.4 Å². The molecular formula is C17H13Cl2NO2. The zero-order valence-corrected chi connectivity index (χ0v) is 13.1. The predicted molar refractivity (Wildman–Crippen MR) is 88.7 cm³/mol. The molecule has 0 aliphatic heterocycles. The van der Waals surface area contributed by atoms with Crippen LogP contribution in [0.4, 0.5) is 0 Å². The number of hydrogen-bond acceptors (Lipinski definition) is 3. The van der Waals surface area contributed by atoms with Crippen LogP contribution in [0.3, 0.4) is 0 Å². The van der Waals surface area contributed by atoms with Crippen LogP contribution in [-0.2, 0) is 0 Å². The van der Waals surface area contributed by atoms with Crippen molar-refractivity contribution in [3.05, 3.63) is 82.0 Å². The molecule has 3 nitrogen and oxygen atoms in total. The van der Waals surface area contributed by atoms with Gasteiger partial charge in [-0.1, -0.05) is 53.5 Å². The highest BCUT2D eigenvalue weighted by atomic mass is 35.5. The number of benzene rings is 2. The Morgan fingerprint density at radius 2 is 1.77 bits per heavy atom. The lowest BCUT2D eigenvalue weighted by Crippen LogP contribution is -2.18. The van der Waals surface area contributed by atoms with Crippen molar-refractivity contribution in [2.24, 2.45) is 0 Å². The monoisotopic (exact) mass is 333 g/mol. The number of carbonyl (C=O) groups excluding carboxylic acids is 2. The van der Waals surface area contributed by atoms with Crippen molar-refractivity contribution in [3.63, 3.8) is 0 Å². The first kappa shape index (κ1) is 16.3. The van der Waals surface area contributed by atoms with Crippen LogP contribution in [0.1, 0.15) is 20.7 Å². The highest BCUT2D eigenvalue weighted by molar-refractivity contribution is 6.36. The maximum atomic E-state index is 12.0. The summed E-state index contributed by atoms with van der Waals surface area (Å²) in [7, 11) is 0. The molecule has 0 spiro atoms. The minimum atomic E-state index is -0.285. The van der Waals surface area contributed by atoms with Crippen molar-refractivity contribution in [1.29, 1.82) is 0 Å². The normalized spacial score (nSPS) is 10.6. The zero-order chi connectivity index (χ0) is 15.9. The lowest BCUT2D eigenvalue weighted by atomic mass is 10.1. The van der Waals surface area contributed by atoms with Gasteiger partial charge in [0.15, 0.2) is 11.6 Å². The van der Waals surface area contributed by atoms with Crippen LogP contribution in [-0.4, -0.2) is 18.1 Å². The van der Waals surface area contributed by atoms with Crippen LogP contribution < -0.4 is 5.32 Å². The molecule has 0 fully saturated rings. The Morgan fingerprint density at radius 3 is 2.50 bits per heavy atom. The summed E-state index contributed by atoms with van der Waals surface area (Å²) in [6.07, 6.45) is 2.75. The fourth-order valence-corrected chi connectivity index (χ4v) is 2.17. The van der Waals surface area contributed by atoms with Gasteiger partial charge in [-0.25, -0.2) is 0 Å². The van der Waals surface area contributed by atoms with E-state index in [-0.39, 0.29) is 18.1 Å². The Morgan fingerprint density at radius 1 is 1.05 bits per heavy atom. The van der Waals surface area contributed by atoms with Gasteiger partial charge in [0.05, 0.1) is 11.6 Å². The molecule has 2 rings (SSSR count). The molecule has 1 N–H and O–H groups in total. The summed E-state index contributed by atoms with van der Waals surface area (Å²) in [6, 6.07) is 13.6. The number of hydrogen-bond donors (Lipinski definition) is 1. The Kier molecular flexibility index (Phi) is 5.75. The number of Topliss-reactive ketones (excluding diaryl/α,β-unsaturated/α-hetero) is 1. The maximum Gasteiger partial charge on any atom is 0.188 e. The standard InChI is InChI=1S/C17H13Cl2NO2/c18-13-6-7-15(19)14(10-13)16(21)8-9-20-11-17(22)12-4-2-1-3-5-12/h1-10,20H,11H2/b9-8-. The van der Waals surface area contributed by atoms with Crippen LogP contribution in [0, 0.1) is 0 Å². The summed E-state index contributed by atoms with van der Waals surface area (Å²) in [5.74, 6) is -0.342. The average molecular weight is 334 g/mol. The molecule has 0 aliphatic rings. The zero-order valence-electron chi connectivity index (χ0n) is 11.6. The number of allylic oxidation sites excluding steroid dienone is 1. The first-order valence-electron chi connectivity index (χ1n) is 6.55. The summed E-state index contributed by atoms with van der Waals surface area (Å²) in [4.78, 5) is 23.8. The summed E-state index contributed by atoms with van der Waals surface area (Å²) in [5.41, 5.74) is 0.939. The fraction of sp³-hybridized carbons (Fsp3) is 0.0588. The van der Waals surface area contributed by atoms with E-state index in [1.807, 2.05) is 6.07 Å². The first-order valence-corrected chi connectivity index (χ1v) is 7.31. The van der Waals surface area contributed by atoms with Crippen LogP contribution >= 0.6 is 23.2 Å². The largest absolute Gasteiger partial charge is 0.383 e. The van der Waals surface area contributed by atoms with Crippen molar-refractivity contribution >= 4 is 34.8 Å². The van der Waals surface area contributed by atoms with Crippen molar-refractivity contribution < 1.29 is 9.59 Å². The van der Waals surface area contributed by atoms with Gasteiger partial charge in [0.2, 0.25) is 0 Å². The highest BCUT2D eigenvalue weighted by Crippen LogP contribution is 2.21. The van der Waals surface area contributed by atoms with E-state index in [4.69, 9.17) is 23.2 Å². The van der Waals surface area contributed by atoms with E-state index in [2.05, 4.69) is 5.32 Å². The number of carbonyl (C=O) groups is 2.